The molecule has 0 bridgehead atoms. The Bertz CT molecular complexity index is 454. The molecule has 2 aromatic rings. The highest BCUT2D eigenvalue weighted by Crippen LogP contribution is 2.18. The molecule has 3 nitrogen and oxygen atoms in total. The molecule has 2 heterocycles. The normalized spacial score (nSPS) is 10.5. The van der Waals surface area contributed by atoms with E-state index in [1.165, 1.54) is 17.1 Å². The Morgan fingerprint density at radius 1 is 1.06 bits per heavy atom. The minimum absolute atomic E-state index is 1.00. The molecule has 0 radical (unpaired) electrons. The molecule has 2 aromatic heterocycles. The van der Waals surface area contributed by atoms with Crippen molar-refractivity contribution in [1.82, 2.24) is 9.66 Å². The van der Waals surface area contributed by atoms with Gasteiger partial charge in [-0.1, -0.05) is 6.92 Å². The molecule has 0 saturated heterocycles. The van der Waals surface area contributed by atoms with Gasteiger partial charge in [0.1, 0.15) is 0 Å². The van der Waals surface area contributed by atoms with Gasteiger partial charge in [-0.2, -0.15) is 0 Å². The third kappa shape index (κ3) is 2.33. The number of anilines is 1. The Labute approximate surface area is 103 Å². The maximum absolute atomic E-state index is 4.08. The number of rotatable bonds is 4. The first-order chi connectivity index (χ1) is 8.24. The van der Waals surface area contributed by atoms with Crippen molar-refractivity contribution in [3.8, 4) is 0 Å². The van der Waals surface area contributed by atoms with E-state index in [1.807, 2.05) is 12.4 Å². The maximum atomic E-state index is 4.08. The number of hydrogen-bond donors (Lipinski definition) is 0. The van der Waals surface area contributed by atoms with Crippen LogP contribution < -0.4 is 5.01 Å². The molecule has 0 amide bonds. The van der Waals surface area contributed by atoms with E-state index in [0.29, 0.717) is 0 Å². The number of hydrogen-bond acceptors (Lipinski definition) is 2. The van der Waals surface area contributed by atoms with Crippen LogP contribution in [0.15, 0.2) is 36.7 Å². The molecule has 90 valence electrons. The van der Waals surface area contributed by atoms with Crippen LogP contribution in [0.2, 0.25) is 0 Å². The molecule has 0 saturated carbocycles. The number of aryl methyl sites for hydroxylation is 2. The van der Waals surface area contributed by atoms with Crippen LogP contribution in [-0.4, -0.2) is 16.2 Å². The second kappa shape index (κ2) is 5.04. The van der Waals surface area contributed by atoms with Crippen LogP contribution >= 0.6 is 0 Å². The second-order valence-electron chi connectivity index (χ2n) is 4.26. The summed E-state index contributed by atoms with van der Waals surface area (Å²) in [6.45, 7) is 7.47. The van der Waals surface area contributed by atoms with E-state index in [1.54, 1.807) is 0 Å². The summed E-state index contributed by atoms with van der Waals surface area (Å²) in [6, 6.07) is 8.40. The highest BCUT2D eigenvalue weighted by atomic mass is 15.6. The fourth-order valence-corrected chi connectivity index (χ4v) is 2.11. The average molecular weight is 229 g/mol. The van der Waals surface area contributed by atoms with E-state index in [4.69, 9.17) is 0 Å². The fraction of sp³-hybridized carbons (Fsp3) is 0.357. The lowest BCUT2D eigenvalue weighted by Crippen LogP contribution is -2.32. The van der Waals surface area contributed by atoms with Gasteiger partial charge in [0.15, 0.2) is 0 Å². The largest absolute Gasteiger partial charge is 0.281 e. The number of nitrogens with zero attached hydrogens (tertiary/aromatic N) is 3. The van der Waals surface area contributed by atoms with Crippen LogP contribution in [0, 0.1) is 13.8 Å². The maximum Gasteiger partial charge on any atom is 0.0608 e. The molecule has 0 aliphatic carbocycles. The molecule has 3 heteroatoms. The topological polar surface area (TPSA) is 21.1 Å². The summed E-state index contributed by atoms with van der Waals surface area (Å²) in [6.07, 6.45) is 4.79. The van der Waals surface area contributed by atoms with Crippen molar-refractivity contribution in [3.63, 3.8) is 0 Å². The number of aromatic nitrogens is 2. The lowest BCUT2D eigenvalue weighted by atomic mass is 10.3. The SMILES string of the molecule is CCCN(c1ccncc1)n1c(C)ccc1C. The van der Waals surface area contributed by atoms with Crippen molar-refractivity contribution in [3.05, 3.63) is 48.0 Å². The van der Waals surface area contributed by atoms with E-state index < -0.39 is 0 Å². The first kappa shape index (κ1) is 11.7. The minimum Gasteiger partial charge on any atom is -0.281 e. The van der Waals surface area contributed by atoms with Crippen LogP contribution in [-0.2, 0) is 0 Å². The molecule has 2 rings (SSSR count). The summed E-state index contributed by atoms with van der Waals surface area (Å²) >= 11 is 0. The third-order valence-corrected chi connectivity index (χ3v) is 2.87. The van der Waals surface area contributed by atoms with Crippen molar-refractivity contribution in [2.24, 2.45) is 0 Å². The fourth-order valence-electron chi connectivity index (χ4n) is 2.11. The average Bonchev–Trinajstić information content (AvgIpc) is 2.68. The lowest BCUT2D eigenvalue weighted by Gasteiger charge is -2.28. The summed E-state index contributed by atoms with van der Waals surface area (Å²) in [5, 5.41) is 2.30. The van der Waals surface area contributed by atoms with Crippen molar-refractivity contribution in [1.29, 1.82) is 0 Å². The van der Waals surface area contributed by atoms with Gasteiger partial charge in [0.2, 0.25) is 0 Å². The second-order valence-corrected chi connectivity index (χ2v) is 4.26. The molecule has 0 unspecified atom stereocenters. The van der Waals surface area contributed by atoms with Crippen LogP contribution in [0.3, 0.4) is 0 Å². The molecule has 0 aliphatic rings. The summed E-state index contributed by atoms with van der Waals surface area (Å²) in [4.78, 5) is 4.08. The Balaban J connectivity index is 2.43. The monoisotopic (exact) mass is 229 g/mol. The zero-order valence-corrected chi connectivity index (χ0v) is 10.7. The van der Waals surface area contributed by atoms with Gasteiger partial charge in [0.25, 0.3) is 0 Å². The van der Waals surface area contributed by atoms with Gasteiger partial charge in [0, 0.05) is 30.3 Å². The first-order valence-electron chi connectivity index (χ1n) is 6.07. The molecule has 0 atom stereocenters. The van der Waals surface area contributed by atoms with Gasteiger partial charge in [-0.05, 0) is 44.5 Å². The molecular formula is C14H19N3. The molecule has 0 aromatic carbocycles. The third-order valence-electron chi connectivity index (χ3n) is 2.87. The van der Waals surface area contributed by atoms with Crippen LogP contribution in [0.4, 0.5) is 5.69 Å². The van der Waals surface area contributed by atoms with Crippen LogP contribution in [0.1, 0.15) is 24.7 Å². The highest BCUT2D eigenvalue weighted by Gasteiger charge is 2.11. The predicted molar refractivity (Wildman–Crippen MR) is 71.2 cm³/mol. The van der Waals surface area contributed by atoms with Crippen molar-refractivity contribution in [2.45, 2.75) is 27.2 Å². The standard InChI is InChI=1S/C14H19N3/c1-4-11-16(14-7-9-15-10-8-14)17-12(2)5-6-13(17)3/h5-10H,4,11H2,1-3H3. The Hall–Kier alpha value is -1.77. The minimum atomic E-state index is 1.00. The van der Waals surface area contributed by atoms with E-state index in [2.05, 4.69) is 59.7 Å². The zero-order chi connectivity index (χ0) is 12.3. The number of pyridine rings is 1. The Kier molecular flexibility index (Phi) is 3.47. The van der Waals surface area contributed by atoms with Crippen molar-refractivity contribution < 1.29 is 0 Å². The van der Waals surface area contributed by atoms with Crippen molar-refractivity contribution >= 4 is 5.69 Å². The summed E-state index contributed by atoms with van der Waals surface area (Å²) in [5.41, 5.74) is 3.70. The Morgan fingerprint density at radius 3 is 2.18 bits per heavy atom. The van der Waals surface area contributed by atoms with Gasteiger partial charge < -0.3 is 0 Å². The zero-order valence-electron chi connectivity index (χ0n) is 10.7. The molecule has 0 spiro atoms. The lowest BCUT2D eigenvalue weighted by molar-refractivity contribution is 0.648. The van der Waals surface area contributed by atoms with Gasteiger partial charge in [-0.3, -0.25) is 14.7 Å². The quantitative estimate of drug-likeness (QED) is 0.803. The molecule has 0 aliphatic heterocycles. The molecule has 0 fully saturated rings. The van der Waals surface area contributed by atoms with Gasteiger partial charge in [0.05, 0.1) is 5.69 Å². The van der Waals surface area contributed by atoms with Gasteiger partial charge in [-0.25, -0.2) is 0 Å². The first-order valence-corrected chi connectivity index (χ1v) is 6.07. The smallest absolute Gasteiger partial charge is 0.0608 e. The van der Waals surface area contributed by atoms with Crippen LogP contribution in [0.5, 0.6) is 0 Å². The molecule has 0 N–H and O–H groups in total. The predicted octanol–water partition coefficient (Wildman–Crippen LogP) is 3.18. The van der Waals surface area contributed by atoms with Gasteiger partial charge in [-0.15, -0.1) is 0 Å². The van der Waals surface area contributed by atoms with Gasteiger partial charge >= 0.3 is 0 Å². The van der Waals surface area contributed by atoms with Crippen LogP contribution in [0.25, 0.3) is 0 Å². The van der Waals surface area contributed by atoms with E-state index in [-0.39, 0.29) is 0 Å². The van der Waals surface area contributed by atoms with Crippen molar-refractivity contribution in [2.75, 3.05) is 11.6 Å². The summed E-state index contributed by atoms with van der Waals surface area (Å²) < 4.78 is 2.26. The molecule has 17 heavy (non-hydrogen) atoms. The van der Waals surface area contributed by atoms with E-state index in [0.717, 1.165) is 13.0 Å². The highest BCUT2D eigenvalue weighted by molar-refractivity contribution is 5.45. The summed E-state index contributed by atoms with van der Waals surface area (Å²) in [5.74, 6) is 0. The summed E-state index contributed by atoms with van der Waals surface area (Å²) in [7, 11) is 0. The Morgan fingerprint density at radius 2 is 1.65 bits per heavy atom. The van der Waals surface area contributed by atoms with E-state index in [9.17, 15) is 0 Å². The van der Waals surface area contributed by atoms with E-state index >= 15 is 0 Å². The molecular weight excluding hydrogens is 210 g/mol.